The normalized spacial score (nSPS) is 15.5. The molecule has 0 radical (unpaired) electrons. The van der Waals surface area contributed by atoms with Crippen LogP contribution in [0.5, 0.6) is 0 Å². The van der Waals surface area contributed by atoms with Crippen LogP contribution in [0.4, 0.5) is 5.69 Å². The molecule has 1 fully saturated rings. The number of nitrogens with one attached hydrogen (secondary N) is 2. The first-order valence-electron chi connectivity index (χ1n) is 6.28. The van der Waals surface area contributed by atoms with Gasteiger partial charge in [-0.3, -0.25) is 4.79 Å². The van der Waals surface area contributed by atoms with Crippen LogP contribution < -0.4 is 10.6 Å². The Hall–Kier alpha value is -1.06. The Morgan fingerprint density at radius 2 is 1.94 bits per heavy atom. The van der Waals surface area contributed by atoms with Crippen LogP contribution >= 0.6 is 11.6 Å². The highest BCUT2D eigenvalue weighted by Crippen LogP contribution is 2.38. The molecule has 98 valence electrons. The summed E-state index contributed by atoms with van der Waals surface area (Å²) in [4.78, 5) is 11.8. The molecule has 2 rings (SSSR count). The van der Waals surface area contributed by atoms with Gasteiger partial charge in [0, 0.05) is 16.2 Å². The fraction of sp³-hybridized carbons (Fsp3) is 0.500. The van der Waals surface area contributed by atoms with Crippen LogP contribution in [-0.2, 0) is 4.79 Å². The van der Waals surface area contributed by atoms with Gasteiger partial charge in [-0.25, -0.2) is 0 Å². The van der Waals surface area contributed by atoms with Gasteiger partial charge in [0.1, 0.15) is 0 Å². The van der Waals surface area contributed by atoms with Crippen LogP contribution in [0.3, 0.4) is 0 Å². The van der Waals surface area contributed by atoms with Crippen molar-refractivity contribution in [1.29, 1.82) is 0 Å². The minimum absolute atomic E-state index is 0.0222. The summed E-state index contributed by atoms with van der Waals surface area (Å²) in [6.07, 6.45) is 2.53. The van der Waals surface area contributed by atoms with Gasteiger partial charge in [-0.1, -0.05) is 11.6 Å². The van der Waals surface area contributed by atoms with Gasteiger partial charge in [-0.05, 0) is 56.9 Å². The van der Waals surface area contributed by atoms with Crippen LogP contribution in [0.2, 0.25) is 5.02 Å². The zero-order valence-corrected chi connectivity index (χ0v) is 11.6. The number of carbonyl (C=O) groups excluding carboxylic acids is 1. The monoisotopic (exact) mass is 266 g/mol. The summed E-state index contributed by atoms with van der Waals surface area (Å²) in [6.45, 7) is 4.65. The van der Waals surface area contributed by atoms with Crippen molar-refractivity contribution in [2.75, 3.05) is 11.9 Å². The second-order valence-electron chi connectivity index (χ2n) is 5.40. The lowest BCUT2D eigenvalue weighted by molar-refractivity contribution is -0.115. The zero-order valence-electron chi connectivity index (χ0n) is 10.8. The third-order valence-electron chi connectivity index (χ3n) is 3.43. The Morgan fingerprint density at radius 1 is 1.33 bits per heavy atom. The van der Waals surface area contributed by atoms with E-state index in [0.29, 0.717) is 17.5 Å². The van der Waals surface area contributed by atoms with Crippen LogP contribution in [0.15, 0.2) is 24.3 Å². The second-order valence-corrected chi connectivity index (χ2v) is 5.84. The summed E-state index contributed by atoms with van der Waals surface area (Å²) in [7, 11) is 0. The van der Waals surface area contributed by atoms with E-state index in [1.54, 1.807) is 24.3 Å². The molecule has 1 saturated carbocycles. The number of rotatable bonds is 5. The fourth-order valence-corrected chi connectivity index (χ4v) is 2.12. The minimum atomic E-state index is -0.0222. The van der Waals surface area contributed by atoms with E-state index in [2.05, 4.69) is 24.5 Å². The molecule has 3 nitrogen and oxygen atoms in total. The van der Waals surface area contributed by atoms with Gasteiger partial charge in [-0.2, -0.15) is 0 Å². The Labute approximate surface area is 113 Å². The average Bonchev–Trinajstić information content (AvgIpc) is 3.14. The first-order chi connectivity index (χ1) is 8.47. The van der Waals surface area contributed by atoms with Crippen LogP contribution in [0.25, 0.3) is 0 Å². The minimum Gasteiger partial charge on any atom is -0.325 e. The molecule has 0 spiro atoms. The smallest absolute Gasteiger partial charge is 0.238 e. The quantitative estimate of drug-likeness (QED) is 0.860. The van der Waals surface area contributed by atoms with E-state index < -0.39 is 0 Å². The SMILES string of the molecule is CC(C)(NCC(=O)Nc1ccc(Cl)cc1)C1CC1. The maximum atomic E-state index is 11.8. The maximum Gasteiger partial charge on any atom is 0.238 e. The topological polar surface area (TPSA) is 41.1 Å². The third-order valence-corrected chi connectivity index (χ3v) is 3.68. The van der Waals surface area contributed by atoms with Crippen molar-refractivity contribution in [2.45, 2.75) is 32.2 Å². The molecule has 0 atom stereocenters. The molecule has 0 aromatic heterocycles. The third kappa shape index (κ3) is 3.72. The van der Waals surface area contributed by atoms with Crippen molar-refractivity contribution >= 4 is 23.2 Å². The predicted octanol–water partition coefficient (Wildman–Crippen LogP) is 3.06. The predicted molar refractivity (Wildman–Crippen MR) is 74.9 cm³/mol. The highest BCUT2D eigenvalue weighted by Gasteiger charge is 2.37. The molecule has 4 heteroatoms. The molecule has 1 aromatic rings. The van der Waals surface area contributed by atoms with E-state index in [0.717, 1.165) is 5.69 Å². The Bertz CT molecular complexity index is 424. The molecule has 0 unspecified atom stereocenters. The Morgan fingerprint density at radius 3 is 2.50 bits per heavy atom. The van der Waals surface area contributed by atoms with Gasteiger partial charge >= 0.3 is 0 Å². The highest BCUT2D eigenvalue weighted by molar-refractivity contribution is 6.30. The van der Waals surface area contributed by atoms with Crippen molar-refractivity contribution in [3.8, 4) is 0 Å². The number of halogens is 1. The first kappa shape index (κ1) is 13.4. The van der Waals surface area contributed by atoms with E-state index >= 15 is 0 Å². The summed E-state index contributed by atoms with van der Waals surface area (Å²) >= 11 is 5.79. The molecule has 2 N–H and O–H groups in total. The number of benzene rings is 1. The van der Waals surface area contributed by atoms with Crippen LogP contribution in [0, 0.1) is 5.92 Å². The van der Waals surface area contributed by atoms with Crippen LogP contribution in [0.1, 0.15) is 26.7 Å². The van der Waals surface area contributed by atoms with Gasteiger partial charge in [0.2, 0.25) is 5.91 Å². The summed E-state index contributed by atoms with van der Waals surface area (Å²) in [5.74, 6) is 0.687. The lowest BCUT2D eigenvalue weighted by atomic mass is 9.99. The molecular formula is C14H19ClN2O. The number of hydrogen-bond acceptors (Lipinski definition) is 2. The molecule has 0 aliphatic heterocycles. The van der Waals surface area contributed by atoms with Crippen molar-refractivity contribution in [2.24, 2.45) is 5.92 Å². The largest absolute Gasteiger partial charge is 0.325 e. The first-order valence-corrected chi connectivity index (χ1v) is 6.65. The maximum absolute atomic E-state index is 11.8. The Balaban J connectivity index is 1.80. The summed E-state index contributed by atoms with van der Waals surface area (Å²) in [5.41, 5.74) is 0.826. The summed E-state index contributed by atoms with van der Waals surface area (Å²) in [5, 5.41) is 6.82. The number of amides is 1. The Kier molecular flexibility index (Phi) is 3.93. The van der Waals surface area contributed by atoms with E-state index in [4.69, 9.17) is 11.6 Å². The molecule has 1 aliphatic rings. The summed E-state index contributed by atoms with van der Waals surface area (Å²) in [6, 6.07) is 7.12. The molecule has 1 aromatic carbocycles. The van der Waals surface area contributed by atoms with Crippen LogP contribution in [-0.4, -0.2) is 18.0 Å². The molecule has 1 aliphatic carbocycles. The van der Waals surface area contributed by atoms with Gasteiger partial charge in [0.25, 0.3) is 0 Å². The standard InChI is InChI=1S/C14H19ClN2O/c1-14(2,10-3-4-10)16-9-13(18)17-12-7-5-11(15)6-8-12/h5-8,10,16H,3-4,9H2,1-2H3,(H,17,18). The van der Waals surface area contributed by atoms with Gasteiger partial charge in [0.05, 0.1) is 6.54 Å². The van der Waals surface area contributed by atoms with Gasteiger partial charge < -0.3 is 10.6 Å². The summed E-state index contributed by atoms with van der Waals surface area (Å²) < 4.78 is 0. The number of hydrogen-bond donors (Lipinski definition) is 2. The number of carbonyl (C=O) groups is 1. The molecule has 18 heavy (non-hydrogen) atoms. The highest BCUT2D eigenvalue weighted by atomic mass is 35.5. The second kappa shape index (κ2) is 5.29. The molecule has 0 saturated heterocycles. The molecular weight excluding hydrogens is 248 g/mol. The fourth-order valence-electron chi connectivity index (χ4n) is 2.00. The molecule has 1 amide bonds. The van der Waals surface area contributed by atoms with E-state index in [9.17, 15) is 4.79 Å². The van der Waals surface area contributed by atoms with Crippen molar-refractivity contribution in [1.82, 2.24) is 5.32 Å². The zero-order chi connectivity index (χ0) is 13.2. The van der Waals surface area contributed by atoms with Crippen molar-refractivity contribution < 1.29 is 4.79 Å². The number of anilines is 1. The van der Waals surface area contributed by atoms with Gasteiger partial charge in [-0.15, -0.1) is 0 Å². The van der Waals surface area contributed by atoms with E-state index in [1.165, 1.54) is 12.8 Å². The van der Waals surface area contributed by atoms with E-state index in [-0.39, 0.29) is 11.4 Å². The molecule has 0 bridgehead atoms. The lowest BCUT2D eigenvalue weighted by Crippen LogP contribution is -2.45. The lowest BCUT2D eigenvalue weighted by Gasteiger charge is -2.25. The van der Waals surface area contributed by atoms with Crippen molar-refractivity contribution in [3.63, 3.8) is 0 Å². The molecule has 0 heterocycles. The van der Waals surface area contributed by atoms with Gasteiger partial charge in [0.15, 0.2) is 0 Å². The van der Waals surface area contributed by atoms with Crippen molar-refractivity contribution in [3.05, 3.63) is 29.3 Å². The average molecular weight is 267 g/mol. The van der Waals surface area contributed by atoms with E-state index in [1.807, 2.05) is 0 Å².